The Morgan fingerprint density at radius 2 is 1.90 bits per heavy atom. The second kappa shape index (κ2) is 6.96. The van der Waals surface area contributed by atoms with Gasteiger partial charge in [-0.2, -0.15) is 0 Å². The number of benzene rings is 1. The van der Waals surface area contributed by atoms with E-state index in [0.29, 0.717) is 16.3 Å². The summed E-state index contributed by atoms with van der Waals surface area (Å²) < 4.78 is 47.5. The highest BCUT2D eigenvalue weighted by Gasteiger charge is 2.46. The van der Waals surface area contributed by atoms with Crippen LogP contribution in [0.3, 0.4) is 0 Å². The highest BCUT2D eigenvalue weighted by atomic mass is 32.2. The van der Waals surface area contributed by atoms with E-state index in [4.69, 9.17) is 10.2 Å². The molecule has 1 aromatic carbocycles. The average Bonchev–Trinajstić information content (AvgIpc) is 3.26. The first-order valence-corrected chi connectivity index (χ1v) is 12.2. The SMILES string of the molecule is C=S1(=O)C[C@@](C)(c2sc(-c3cc(-c4nnc(C)o4)ccc3F)cc2F)N=C(N)C1(C)C. The van der Waals surface area contributed by atoms with Crippen molar-refractivity contribution in [3.05, 3.63) is 46.7 Å². The number of aromatic nitrogens is 2. The van der Waals surface area contributed by atoms with Gasteiger partial charge in [0.25, 0.3) is 0 Å². The maximum absolute atomic E-state index is 15.1. The Morgan fingerprint density at radius 3 is 2.52 bits per heavy atom. The third kappa shape index (κ3) is 3.47. The first-order valence-electron chi connectivity index (χ1n) is 9.44. The predicted octanol–water partition coefficient (Wildman–Crippen LogP) is 4.13. The maximum atomic E-state index is 15.1. The van der Waals surface area contributed by atoms with Gasteiger partial charge in [0.1, 0.15) is 23.0 Å². The number of aliphatic imine (C=N–C) groups is 1. The highest BCUT2D eigenvalue weighted by Crippen LogP contribution is 2.44. The molecule has 0 saturated carbocycles. The normalized spacial score (nSPS) is 25.4. The number of amidine groups is 1. The van der Waals surface area contributed by atoms with Gasteiger partial charge in [-0.15, -0.1) is 21.5 Å². The minimum absolute atomic E-state index is 0.0361. The van der Waals surface area contributed by atoms with Gasteiger partial charge in [-0.05, 0) is 60.4 Å². The second-order valence-electron chi connectivity index (χ2n) is 8.35. The van der Waals surface area contributed by atoms with Crippen LogP contribution in [0.25, 0.3) is 21.9 Å². The molecule has 10 heteroatoms. The fourth-order valence-corrected chi connectivity index (χ4v) is 6.64. The van der Waals surface area contributed by atoms with Gasteiger partial charge >= 0.3 is 0 Å². The van der Waals surface area contributed by atoms with Gasteiger partial charge in [0, 0.05) is 28.7 Å². The van der Waals surface area contributed by atoms with Gasteiger partial charge in [0.2, 0.25) is 11.8 Å². The number of nitrogens with zero attached hydrogens (tertiary/aromatic N) is 3. The van der Waals surface area contributed by atoms with Gasteiger partial charge in [0.15, 0.2) is 0 Å². The lowest BCUT2D eigenvalue weighted by Gasteiger charge is -2.40. The van der Waals surface area contributed by atoms with E-state index in [2.05, 4.69) is 21.1 Å². The highest BCUT2D eigenvalue weighted by molar-refractivity contribution is 8.02. The molecule has 1 aliphatic heterocycles. The number of halogens is 2. The molecule has 0 spiro atoms. The van der Waals surface area contributed by atoms with Crippen molar-refractivity contribution in [1.29, 1.82) is 0 Å². The van der Waals surface area contributed by atoms with E-state index in [-0.39, 0.29) is 27.9 Å². The predicted molar refractivity (Wildman–Crippen MR) is 121 cm³/mol. The van der Waals surface area contributed by atoms with Crippen molar-refractivity contribution < 1.29 is 17.4 Å². The molecule has 6 nitrogen and oxygen atoms in total. The molecule has 1 unspecified atom stereocenters. The van der Waals surface area contributed by atoms with Crippen LogP contribution in [0.4, 0.5) is 8.78 Å². The van der Waals surface area contributed by atoms with E-state index in [1.165, 1.54) is 24.3 Å². The minimum atomic E-state index is -2.70. The van der Waals surface area contributed by atoms with Gasteiger partial charge in [-0.3, -0.25) is 9.20 Å². The van der Waals surface area contributed by atoms with Crippen LogP contribution < -0.4 is 5.73 Å². The summed E-state index contributed by atoms with van der Waals surface area (Å²) in [6, 6.07) is 5.57. The lowest BCUT2D eigenvalue weighted by Crippen LogP contribution is -2.54. The second-order valence-corrected chi connectivity index (χ2v) is 12.3. The summed E-state index contributed by atoms with van der Waals surface area (Å²) in [5.41, 5.74) is 5.65. The third-order valence-corrected chi connectivity index (χ3v) is 10.1. The molecule has 0 saturated heterocycles. The summed E-state index contributed by atoms with van der Waals surface area (Å²) in [7, 11) is -2.70. The average molecular weight is 465 g/mol. The molecule has 0 radical (unpaired) electrons. The Hall–Kier alpha value is -2.59. The van der Waals surface area contributed by atoms with E-state index in [0.717, 1.165) is 11.3 Å². The van der Waals surface area contributed by atoms with E-state index in [1.807, 2.05) is 0 Å². The van der Waals surface area contributed by atoms with Crippen LogP contribution in [-0.4, -0.2) is 36.6 Å². The molecule has 2 N–H and O–H groups in total. The Labute approximate surface area is 183 Å². The van der Waals surface area contributed by atoms with Crippen LogP contribution in [0, 0.1) is 18.6 Å². The summed E-state index contributed by atoms with van der Waals surface area (Å²) in [6.45, 7) is 6.77. The Kier molecular flexibility index (Phi) is 4.86. The van der Waals surface area contributed by atoms with Gasteiger partial charge in [-0.1, -0.05) is 0 Å². The van der Waals surface area contributed by atoms with E-state index >= 15 is 4.39 Å². The maximum Gasteiger partial charge on any atom is 0.247 e. The zero-order valence-corrected chi connectivity index (χ0v) is 19.2. The van der Waals surface area contributed by atoms with Gasteiger partial charge in [-0.25, -0.2) is 8.78 Å². The zero-order valence-electron chi connectivity index (χ0n) is 17.5. The van der Waals surface area contributed by atoms with Crippen LogP contribution in [0.15, 0.2) is 33.7 Å². The molecule has 2 aromatic heterocycles. The van der Waals surface area contributed by atoms with Crippen molar-refractivity contribution in [2.75, 3.05) is 5.75 Å². The quantitative estimate of drug-likeness (QED) is 0.588. The fourth-order valence-electron chi connectivity index (χ4n) is 3.50. The van der Waals surface area contributed by atoms with Crippen LogP contribution in [0.2, 0.25) is 0 Å². The van der Waals surface area contributed by atoms with Crippen molar-refractivity contribution in [3.63, 3.8) is 0 Å². The first kappa shape index (κ1) is 21.6. The van der Waals surface area contributed by atoms with Crippen molar-refractivity contribution >= 4 is 32.6 Å². The standard InChI is InChI=1S/C21H22F2N4O2S2/c1-11-26-27-18(29-11)12-6-7-14(22)13(8-12)16-9-15(23)17(30-16)21(4)10-31(5,28)20(2,3)19(24)25-21/h6-9H,5,10H2,1-4H3,(H2,24,25)/t21-,31?/m0/s1. The van der Waals surface area contributed by atoms with Crippen molar-refractivity contribution in [3.8, 4) is 21.9 Å². The number of rotatable bonds is 3. The number of aryl methyl sites for hydroxylation is 1. The molecule has 0 bridgehead atoms. The molecule has 3 aromatic rings. The molecule has 4 rings (SSSR count). The molecule has 31 heavy (non-hydrogen) atoms. The van der Waals surface area contributed by atoms with E-state index < -0.39 is 31.4 Å². The smallest absolute Gasteiger partial charge is 0.247 e. The van der Waals surface area contributed by atoms with Crippen molar-refractivity contribution in [2.24, 2.45) is 10.7 Å². The number of nitrogens with two attached hydrogens (primary N) is 1. The molecule has 0 amide bonds. The van der Waals surface area contributed by atoms with Crippen LogP contribution >= 0.6 is 11.3 Å². The summed E-state index contributed by atoms with van der Waals surface area (Å²) in [5.74, 6) is 3.61. The Morgan fingerprint density at radius 1 is 1.19 bits per heavy atom. The monoisotopic (exact) mass is 464 g/mol. The van der Waals surface area contributed by atoms with Crippen LogP contribution in [0.1, 0.15) is 31.5 Å². The number of thiophene rings is 1. The summed E-state index contributed by atoms with van der Waals surface area (Å²) >= 11 is 1.05. The lowest BCUT2D eigenvalue weighted by molar-refractivity contribution is 0.506. The summed E-state index contributed by atoms with van der Waals surface area (Å²) in [4.78, 5) is 5.10. The Balaban J connectivity index is 1.82. The van der Waals surface area contributed by atoms with E-state index in [1.54, 1.807) is 27.7 Å². The molecule has 1 aliphatic rings. The minimum Gasteiger partial charge on any atom is -0.421 e. The van der Waals surface area contributed by atoms with E-state index in [9.17, 15) is 8.60 Å². The fraction of sp³-hybridized carbons (Fsp3) is 0.333. The summed E-state index contributed by atoms with van der Waals surface area (Å²) in [6.07, 6.45) is 0. The van der Waals surface area contributed by atoms with Crippen LogP contribution in [0.5, 0.6) is 0 Å². The van der Waals surface area contributed by atoms with Crippen molar-refractivity contribution in [2.45, 2.75) is 38.0 Å². The van der Waals surface area contributed by atoms with Gasteiger partial charge in [0.05, 0.1) is 9.62 Å². The van der Waals surface area contributed by atoms with Crippen molar-refractivity contribution in [1.82, 2.24) is 10.2 Å². The molecule has 3 heterocycles. The molecular weight excluding hydrogens is 442 g/mol. The number of hydrogen-bond acceptors (Lipinski definition) is 7. The third-order valence-electron chi connectivity index (χ3n) is 5.61. The number of hydrogen-bond donors (Lipinski definition) is 1. The zero-order chi connectivity index (χ0) is 22.8. The van der Waals surface area contributed by atoms with Crippen LogP contribution in [-0.2, 0) is 15.1 Å². The molecule has 2 atom stereocenters. The Bertz CT molecular complexity index is 1320. The molecule has 0 aliphatic carbocycles. The topological polar surface area (TPSA) is 94.4 Å². The molecule has 164 valence electrons. The molecular formula is C21H22F2N4O2S2. The first-order chi connectivity index (χ1) is 14.3. The van der Waals surface area contributed by atoms with Gasteiger partial charge < -0.3 is 10.2 Å². The molecule has 0 fully saturated rings. The summed E-state index contributed by atoms with van der Waals surface area (Å²) in [5, 5.41) is 7.73. The largest absolute Gasteiger partial charge is 0.421 e. The lowest BCUT2D eigenvalue weighted by atomic mass is 10.0.